The zero-order valence-electron chi connectivity index (χ0n) is 12.7. The van der Waals surface area contributed by atoms with Gasteiger partial charge in [0.25, 0.3) is 5.91 Å². The molecule has 118 valence electrons. The second kappa shape index (κ2) is 9.11. The van der Waals surface area contributed by atoms with Crippen molar-refractivity contribution >= 4 is 11.8 Å². The Morgan fingerprint density at radius 3 is 2.61 bits per heavy atom. The molecule has 0 aliphatic rings. The highest BCUT2D eigenvalue weighted by molar-refractivity contribution is 5.91. The van der Waals surface area contributed by atoms with Gasteiger partial charge in [-0.3, -0.25) is 9.59 Å². The van der Waals surface area contributed by atoms with Gasteiger partial charge in [0.15, 0.2) is 5.76 Å². The SMILES string of the molecule is O=C(CCCNC(=O)c1ccco1)NCC#Cc1ccccc1. The molecule has 23 heavy (non-hydrogen) atoms. The van der Waals surface area contributed by atoms with Crippen molar-refractivity contribution < 1.29 is 14.0 Å². The normalized spacial score (nSPS) is 9.57. The molecule has 0 radical (unpaired) electrons. The molecular formula is C18H18N2O3. The van der Waals surface area contributed by atoms with Gasteiger partial charge in [-0.2, -0.15) is 0 Å². The van der Waals surface area contributed by atoms with Gasteiger partial charge >= 0.3 is 0 Å². The zero-order chi connectivity index (χ0) is 16.3. The van der Waals surface area contributed by atoms with E-state index in [4.69, 9.17) is 4.42 Å². The molecule has 2 N–H and O–H groups in total. The van der Waals surface area contributed by atoms with Crippen LogP contribution in [0.25, 0.3) is 0 Å². The Balaban J connectivity index is 1.57. The lowest BCUT2D eigenvalue weighted by Gasteiger charge is -2.03. The molecule has 0 spiro atoms. The highest BCUT2D eigenvalue weighted by Gasteiger charge is 2.07. The van der Waals surface area contributed by atoms with Gasteiger partial charge in [0.1, 0.15) is 0 Å². The fourth-order valence-electron chi connectivity index (χ4n) is 1.84. The Bertz CT molecular complexity index is 682. The first-order valence-corrected chi connectivity index (χ1v) is 7.38. The fourth-order valence-corrected chi connectivity index (χ4v) is 1.84. The van der Waals surface area contributed by atoms with E-state index >= 15 is 0 Å². The van der Waals surface area contributed by atoms with Gasteiger partial charge in [-0.15, -0.1) is 0 Å². The maximum Gasteiger partial charge on any atom is 0.286 e. The second-order valence-corrected chi connectivity index (χ2v) is 4.78. The Morgan fingerprint density at radius 2 is 1.87 bits per heavy atom. The van der Waals surface area contributed by atoms with Crippen LogP contribution in [0.3, 0.4) is 0 Å². The molecule has 0 unspecified atom stereocenters. The lowest BCUT2D eigenvalue weighted by molar-refractivity contribution is -0.120. The third-order valence-corrected chi connectivity index (χ3v) is 2.99. The molecule has 5 nitrogen and oxygen atoms in total. The van der Waals surface area contributed by atoms with E-state index in [1.807, 2.05) is 30.3 Å². The molecule has 2 aromatic rings. The standard InChI is InChI=1S/C18H18N2O3/c21-17(19-12-4-9-15-7-2-1-3-8-15)11-5-13-20-18(22)16-10-6-14-23-16/h1-3,6-8,10,14H,5,11-13H2,(H,19,21)(H,20,22). The highest BCUT2D eigenvalue weighted by Crippen LogP contribution is 1.99. The van der Waals surface area contributed by atoms with Crippen molar-refractivity contribution in [3.05, 3.63) is 60.1 Å². The van der Waals surface area contributed by atoms with Crippen LogP contribution in [-0.4, -0.2) is 24.9 Å². The molecule has 1 aromatic carbocycles. The molecule has 1 aromatic heterocycles. The topological polar surface area (TPSA) is 71.3 Å². The summed E-state index contributed by atoms with van der Waals surface area (Å²) < 4.78 is 4.97. The van der Waals surface area contributed by atoms with E-state index in [1.54, 1.807) is 12.1 Å². The summed E-state index contributed by atoms with van der Waals surface area (Å²) in [6.07, 6.45) is 2.34. The van der Waals surface area contributed by atoms with Crippen molar-refractivity contribution in [2.75, 3.05) is 13.1 Å². The van der Waals surface area contributed by atoms with E-state index in [-0.39, 0.29) is 17.6 Å². The molecule has 1 heterocycles. The first kappa shape index (κ1) is 16.4. The number of rotatable bonds is 6. The van der Waals surface area contributed by atoms with Crippen LogP contribution < -0.4 is 10.6 Å². The number of furan rings is 1. The summed E-state index contributed by atoms with van der Waals surface area (Å²) in [6, 6.07) is 12.8. The van der Waals surface area contributed by atoms with Crippen LogP contribution in [0.2, 0.25) is 0 Å². The van der Waals surface area contributed by atoms with Gasteiger partial charge in [-0.05, 0) is 30.7 Å². The lowest BCUT2D eigenvalue weighted by atomic mass is 10.2. The molecule has 0 aliphatic heterocycles. The van der Waals surface area contributed by atoms with Crippen molar-refractivity contribution in [3.63, 3.8) is 0 Å². The summed E-state index contributed by atoms with van der Waals surface area (Å²) in [7, 11) is 0. The number of amides is 2. The summed E-state index contributed by atoms with van der Waals surface area (Å²) in [5.41, 5.74) is 0.919. The molecule has 0 fully saturated rings. The van der Waals surface area contributed by atoms with E-state index < -0.39 is 0 Å². The first-order chi connectivity index (χ1) is 11.3. The molecular weight excluding hydrogens is 292 g/mol. The summed E-state index contributed by atoms with van der Waals surface area (Å²) in [4.78, 5) is 23.2. The minimum absolute atomic E-state index is 0.0837. The minimum Gasteiger partial charge on any atom is -0.459 e. The predicted octanol–water partition coefficient (Wildman–Crippen LogP) is 1.96. The van der Waals surface area contributed by atoms with Crippen LogP contribution >= 0.6 is 0 Å². The van der Waals surface area contributed by atoms with Crippen molar-refractivity contribution in [3.8, 4) is 11.8 Å². The van der Waals surface area contributed by atoms with Gasteiger partial charge in [0, 0.05) is 18.5 Å². The molecule has 2 rings (SSSR count). The smallest absolute Gasteiger partial charge is 0.286 e. The molecule has 2 amide bonds. The third-order valence-electron chi connectivity index (χ3n) is 2.99. The van der Waals surface area contributed by atoms with Crippen LogP contribution in [0.5, 0.6) is 0 Å². The lowest BCUT2D eigenvalue weighted by Crippen LogP contribution is -2.27. The Hall–Kier alpha value is -3.00. The van der Waals surface area contributed by atoms with Crippen LogP contribution in [0.15, 0.2) is 53.1 Å². The number of benzene rings is 1. The Kier molecular flexibility index (Phi) is 6.48. The second-order valence-electron chi connectivity index (χ2n) is 4.78. The Labute approximate surface area is 135 Å². The van der Waals surface area contributed by atoms with Gasteiger partial charge in [-0.1, -0.05) is 30.0 Å². The van der Waals surface area contributed by atoms with E-state index in [0.717, 1.165) is 5.56 Å². The largest absolute Gasteiger partial charge is 0.459 e. The summed E-state index contributed by atoms with van der Waals surface area (Å²) >= 11 is 0. The minimum atomic E-state index is -0.274. The van der Waals surface area contributed by atoms with E-state index in [2.05, 4.69) is 22.5 Å². The Morgan fingerprint density at radius 1 is 1.04 bits per heavy atom. The van der Waals surface area contributed by atoms with Crippen molar-refractivity contribution in [1.29, 1.82) is 0 Å². The monoisotopic (exact) mass is 310 g/mol. The fraction of sp³-hybridized carbons (Fsp3) is 0.222. The molecule has 0 aliphatic carbocycles. The first-order valence-electron chi connectivity index (χ1n) is 7.38. The van der Waals surface area contributed by atoms with Crippen LogP contribution in [0.4, 0.5) is 0 Å². The third kappa shape index (κ3) is 6.10. The maximum absolute atomic E-state index is 11.6. The number of carbonyl (C=O) groups excluding carboxylic acids is 2. The van der Waals surface area contributed by atoms with E-state index in [9.17, 15) is 9.59 Å². The predicted molar refractivity (Wildman–Crippen MR) is 86.6 cm³/mol. The van der Waals surface area contributed by atoms with Crippen LogP contribution in [-0.2, 0) is 4.79 Å². The summed E-state index contributed by atoms with van der Waals surface area (Å²) in [5.74, 6) is 5.77. The average Bonchev–Trinajstić information content (AvgIpc) is 3.11. The number of nitrogens with one attached hydrogen (secondary N) is 2. The van der Waals surface area contributed by atoms with Gasteiger partial charge in [-0.25, -0.2) is 0 Å². The molecule has 0 atom stereocenters. The van der Waals surface area contributed by atoms with E-state index in [1.165, 1.54) is 6.26 Å². The summed E-state index contributed by atoms with van der Waals surface area (Å²) in [5, 5.41) is 5.41. The maximum atomic E-state index is 11.6. The summed E-state index contributed by atoms with van der Waals surface area (Å²) in [6.45, 7) is 0.731. The quantitative estimate of drug-likeness (QED) is 0.633. The van der Waals surface area contributed by atoms with Crippen molar-refractivity contribution in [2.24, 2.45) is 0 Å². The molecule has 5 heteroatoms. The zero-order valence-corrected chi connectivity index (χ0v) is 12.7. The van der Waals surface area contributed by atoms with E-state index in [0.29, 0.717) is 25.9 Å². The number of hydrogen-bond acceptors (Lipinski definition) is 3. The molecule has 0 bridgehead atoms. The van der Waals surface area contributed by atoms with Crippen molar-refractivity contribution in [2.45, 2.75) is 12.8 Å². The molecule has 0 saturated heterocycles. The van der Waals surface area contributed by atoms with Gasteiger partial charge in [0.2, 0.25) is 5.91 Å². The van der Waals surface area contributed by atoms with Crippen LogP contribution in [0, 0.1) is 11.8 Å². The van der Waals surface area contributed by atoms with Crippen molar-refractivity contribution in [1.82, 2.24) is 10.6 Å². The molecule has 0 saturated carbocycles. The van der Waals surface area contributed by atoms with Crippen LogP contribution in [0.1, 0.15) is 29.0 Å². The highest BCUT2D eigenvalue weighted by atomic mass is 16.3. The average molecular weight is 310 g/mol. The number of hydrogen-bond donors (Lipinski definition) is 2. The van der Waals surface area contributed by atoms with Gasteiger partial charge < -0.3 is 15.1 Å². The van der Waals surface area contributed by atoms with Gasteiger partial charge in [0.05, 0.1) is 12.8 Å². The number of carbonyl (C=O) groups is 2.